The second-order valence-electron chi connectivity index (χ2n) is 4.44. The average molecular weight is 325 g/mol. The lowest BCUT2D eigenvalue weighted by atomic mass is 10.2. The summed E-state index contributed by atoms with van der Waals surface area (Å²) in [5.74, 6) is -0.292. The number of pyridine rings is 1. The van der Waals surface area contributed by atoms with Crippen LogP contribution >= 0.6 is 11.3 Å². The predicted octanol–water partition coefficient (Wildman–Crippen LogP) is 2.42. The first kappa shape index (κ1) is 14.8. The summed E-state index contributed by atoms with van der Waals surface area (Å²) >= 11 is 1.28. The van der Waals surface area contributed by atoms with E-state index < -0.39 is 0 Å². The summed E-state index contributed by atoms with van der Waals surface area (Å²) in [7, 11) is 0. The molecule has 1 aromatic carbocycles. The van der Waals surface area contributed by atoms with Gasteiger partial charge in [0, 0.05) is 29.2 Å². The molecule has 0 unspecified atom stereocenters. The molecule has 8 heteroatoms. The van der Waals surface area contributed by atoms with Crippen molar-refractivity contribution in [2.24, 2.45) is 0 Å². The summed E-state index contributed by atoms with van der Waals surface area (Å²) in [4.78, 5) is 26.4. The van der Waals surface area contributed by atoms with Crippen LogP contribution in [0.2, 0.25) is 0 Å². The molecular formula is C15H11N5O2S. The van der Waals surface area contributed by atoms with E-state index >= 15 is 0 Å². The van der Waals surface area contributed by atoms with Crippen LogP contribution in [0.1, 0.15) is 10.4 Å². The highest BCUT2D eigenvalue weighted by Gasteiger charge is 2.11. The number of amides is 2. The van der Waals surface area contributed by atoms with Gasteiger partial charge in [0.2, 0.25) is 11.5 Å². The van der Waals surface area contributed by atoms with Crippen molar-refractivity contribution in [3.63, 3.8) is 0 Å². The molecule has 2 amide bonds. The Balaban J connectivity index is 1.70. The lowest BCUT2D eigenvalue weighted by Gasteiger charge is -2.02. The molecular weight excluding hydrogens is 314 g/mol. The molecule has 0 bridgehead atoms. The number of carbonyl (C=O) groups is 2. The summed E-state index contributed by atoms with van der Waals surface area (Å²) in [6.07, 6.45) is 3.92. The summed E-state index contributed by atoms with van der Waals surface area (Å²) in [6, 6.07) is 10.2. The van der Waals surface area contributed by atoms with Crippen LogP contribution in [-0.4, -0.2) is 27.5 Å². The molecule has 114 valence electrons. The van der Waals surface area contributed by atoms with E-state index in [1.165, 1.54) is 11.3 Å². The highest BCUT2D eigenvalue weighted by molar-refractivity contribution is 7.18. The first-order valence-electron chi connectivity index (χ1n) is 6.62. The second-order valence-corrected chi connectivity index (χ2v) is 5.42. The van der Waals surface area contributed by atoms with Crippen LogP contribution in [0.25, 0.3) is 10.6 Å². The van der Waals surface area contributed by atoms with Gasteiger partial charge in [-0.3, -0.25) is 19.9 Å². The Bertz CT molecular complexity index is 817. The third kappa shape index (κ3) is 3.55. The first-order chi connectivity index (χ1) is 11.3. The van der Waals surface area contributed by atoms with Crippen molar-refractivity contribution in [2.75, 3.05) is 10.6 Å². The van der Waals surface area contributed by atoms with Gasteiger partial charge in [0.1, 0.15) is 5.01 Å². The Kier molecular flexibility index (Phi) is 4.34. The molecule has 0 spiro atoms. The third-order valence-electron chi connectivity index (χ3n) is 2.95. The van der Waals surface area contributed by atoms with Crippen molar-refractivity contribution in [1.82, 2.24) is 15.2 Å². The van der Waals surface area contributed by atoms with Crippen LogP contribution in [0, 0.1) is 0 Å². The first-order valence-corrected chi connectivity index (χ1v) is 7.43. The maximum absolute atomic E-state index is 12.2. The maximum atomic E-state index is 12.2. The average Bonchev–Trinajstić information content (AvgIpc) is 3.05. The normalized spacial score (nSPS) is 10.1. The van der Waals surface area contributed by atoms with Gasteiger partial charge < -0.3 is 5.32 Å². The number of benzene rings is 1. The third-order valence-corrected chi connectivity index (χ3v) is 3.83. The van der Waals surface area contributed by atoms with Gasteiger partial charge in [-0.15, -0.1) is 10.2 Å². The van der Waals surface area contributed by atoms with Gasteiger partial charge in [0.25, 0.3) is 5.91 Å². The number of rotatable bonds is 5. The smallest absolute Gasteiger partial charge is 0.257 e. The molecule has 0 atom stereocenters. The second kappa shape index (κ2) is 6.75. The summed E-state index contributed by atoms with van der Waals surface area (Å²) in [5.41, 5.74) is 1.97. The Morgan fingerprint density at radius 3 is 2.48 bits per heavy atom. The van der Waals surface area contributed by atoms with Gasteiger partial charge in [-0.2, -0.15) is 0 Å². The van der Waals surface area contributed by atoms with E-state index in [2.05, 4.69) is 25.8 Å². The van der Waals surface area contributed by atoms with Crippen molar-refractivity contribution in [1.29, 1.82) is 0 Å². The van der Waals surface area contributed by atoms with Crippen LogP contribution in [0.3, 0.4) is 0 Å². The van der Waals surface area contributed by atoms with Crippen molar-refractivity contribution >= 4 is 34.5 Å². The molecule has 3 aromatic rings. The predicted molar refractivity (Wildman–Crippen MR) is 87.2 cm³/mol. The molecule has 3 rings (SSSR count). The van der Waals surface area contributed by atoms with Crippen molar-refractivity contribution in [2.45, 2.75) is 0 Å². The van der Waals surface area contributed by atoms with E-state index in [1.807, 2.05) is 12.1 Å². The van der Waals surface area contributed by atoms with E-state index in [4.69, 9.17) is 0 Å². The molecule has 0 saturated carbocycles. The van der Waals surface area contributed by atoms with E-state index in [-0.39, 0.29) is 5.91 Å². The minimum absolute atomic E-state index is 0.292. The molecule has 0 aliphatic carbocycles. The summed E-state index contributed by atoms with van der Waals surface area (Å²) in [5, 5.41) is 14.3. The quantitative estimate of drug-likeness (QED) is 0.702. The fourth-order valence-electron chi connectivity index (χ4n) is 1.84. The topological polar surface area (TPSA) is 96.9 Å². The van der Waals surface area contributed by atoms with E-state index in [0.29, 0.717) is 27.8 Å². The monoisotopic (exact) mass is 325 g/mol. The largest absolute Gasteiger partial charge is 0.329 e. The summed E-state index contributed by atoms with van der Waals surface area (Å²) in [6.45, 7) is 0. The zero-order chi connectivity index (χ0) is 16.1. The molecule has 7 nitrogen and oxygen atoms in total. The van der Waals surface area contributed by atoms with E-state index in [0.717, 1.165) is 5.56 Å². The molecule has 0 aliphatic rings. The van der Waals surface area contributed by atoms with Crippen LogP contribution in [-0.2, 0) is 4.79 Å². The van der Waals surface area contributed by atoms with Crippen LogP contribution < -0.4 is 10.6 Å². The minimum Gasteiger partial charge on any atom is -0.329 e. The number of aromatic nitrogens is 3. The van der Waals surface area contributed by atoms with Gasteiger partial charge in [0.15, 0.2) is 0 Å². The number of hydrogen-bond acceptors (Lipinski definition) is 6. The Labute approximate surface area is 135 Å². The van der Waals surface area contributed by atoms with Crippen LogP contribution in [0.5, 0.6) is 0 Å². The van der Waals surface area contributed by atoms with Gasteiger partial charge in [0.05, 0.1) is 0 Å². The van der Waals surface area contributed by atoms with Gasteiger partial charge >= 0.3 is 0 Å². The molecule has 0 aliphatic heterocycles. The minimum atomic E-state index is -0.292. The molecule has 2 heterocycles. The molecule has 0 fully saturated rings. The molecule has 2 N–H and O–H groups in total. The van der Waals surface area contributed by atoms with Crippen LogP contribution in [0.15, 0.2) is 48.8 Å². The lowest BCUT2D eigenvalue weighted by molar-refractivity contribution is -0.105. The van der Waals surface area contributed by atoms with Crippen molar-refractivity contribution < 1.29 is 9.59 Å². The number of hydrogen-bond donors (Lipinski definition) is 2. The Morgan fingerprint density at radius 2 is 1.78 bits per heavy atom. The van der Waals surface area contributed by atoms with E-state index in [9.17, 15) is 9.59 Å². The standard InChI is InChI=1S/C15H11N5O2S/c21-9-17-12-3-1-10(2-4-12)13(22)18-15-20-19-14(23-15)11-5-7-16-8-6-11/h1-9H,(H,17,21)(H,18,20,22). The molecule has 0 saturated heterocycles. The number of carbonyl (C=O) groups excluding carboxylic acids is 2. The van der Waals surface area contributed by atoms with Gasteiger partial charge in [-0.25, -0.2) is 0 Å². The molecule has 2 aromatic heterocycles. The van der Waals surface area contributed by atoms with Crippen molar-refractivity contribution in [3.8, 4) is 10.6 Å². The zero-order valence-electron chi connectivity index (χ0n) is 11.8. The van der Waals surface area contributed by atoms with Crippen LogP contribution in [0.4, 0.5) is 10.8 Å². The number of nitrogens with zero attached hydrogens (tertiary/aromatic N) is 3. The fourth-order valence-corrected chi connectivity index (χ4v) is 2.58. The summed E-state index contributed by atoms with van der Waals surface area (Å²) < 4.78 is 0. The number of nitrogens with one attached hydrogen (secondary N) is 2. The van der Waals surface area contributed by atoms with Gasteiger partial charge in [-0.05, 0) is 36.4 Å². The lowest BCUT2D eigenvalue weighted by Crippen LogP contribution is -2.11. The fraction of sp³-hybridized carbons (Fsp3) is 0. The Morgan fingerprint density at radius 1 is 1.04 bits per heavy atom. The highest BCUT2D eigenvalue weighted by atomic mass is 32.1. The zero-order valence-corrected chi connectivity index (χ0v) is 12.6. The molecule has 0 radical (unpaired) electrons. The van der Waals surface area contributed by atoms with Crippen molar-refractivity contribution in [3.05, 3.63) is 54.4 Å². The van der Waals surface area contributed by atoms with Gasteiger partial charge in [-0.1, -0.05) is 11.3 Å². The Hall–Kier alpha value is -3.13. The molecule has 23 heavy (non-hydrogen) atoms. The van der Waals surface area contributed by atoms with E-state index in [1.54, 1.807) is 36.7 Å². The number of anilines is 2. The SMILES string of the molecule is O=CNc1ccc(C(=O)Nc2nnc(-c3ccncc3)s2)cc1. The maximum Gasteiger partial charge on any atom is 0.257 e. The highest BCUT2D eigenvalue weighted by Crippen LogP contribution is 2.25.